The molecule has 0 atom stereocenters. The number of rotatable bonds is 7. The van der Waals surface area contributed by atoms with Crippen LogP contribution in [0.3, 0.4) is 0 Å². The lowest BCUT2D eigenvalue weighted by atomic mass is 10.1. The Balaban J connectivity index is 5.57. The first kappa shape index (κ1) is 22.9. The predicted octanol–water partition coefficient (Wildman–Crippen LogP) is 1.57. The van der Waals surface area contributed by atoms with Gasteiger partial charge in [-0.05, 0) is 6.08 Å². The van der Waals surface area contributed by atoms with Crippen LogP contribution in [0, 0.1) is 0 Å². The lowest BCUT2D eigenvalue weighted by Crippen LogP contribution is -2.63. The predicted molar refractivity (Wildman–Crippen MR) is 67.6 cm³/mol. The maximum Gasteiger partial charge on any atom is 0.438 e. The van der Waals surface area contributed by atoms with Gasteiger partial charge in [0.2, 0.25) is 0 Å². The average Bonchev–Trinajstić information content (AvgIpc) is 2.38. The van der Waals surface area contributed by atoms with Crippen LogP contribution in [0.5, 0.6) is 0 Å². The Labute approximate surface area is 136 Å². The fraction of sp³-hybridized carbons (Fsp3) is 0.455. The van der Waals surface area contributed by atoms with Crippen LogP contribution in [-0.2, 0) is 29.2 Å². The molecule has 0 fully saturated rings. The molecule has 144 valence electrons. The first-order valence-corrected chi connectivity index (χ1v) is 7.44. The molecule has 0 aromatic rings. The van der Waals surface area contributed by atoms with Crippen molar-refractivity contribution in [3.8, 4) is 0 Å². The Morgan fingerprint density at radius 3 is 1.88 bits per heavy atom. The third kappa shape index (κ3) is 6.74. The van der Waals surface area contributed by atoms with E-state index in [1.165, 1.54) is 0 Å². The maximum absolute atomic E-state index is 12.8. The fourth-order valence-electron chi connectivity index (χ4n) is 1.27. The highest BCUT2D eigenvalue weighted by molar-refractivity contribution is 7.85. The molecular formula is C11H10F6O7S. The molecule has 0 amide bonds. The van der Waals surface area contributed by atoms with E-state index in [1.807, 2.05) is 0 Å². The normalized spacial score (nSPS) is 13.6. The molecule has 0 aromatic heterocycles. The second-order valence-electron chi connectivity index (χ2n) is 4.21. The third-order valence-electron chi connectivity index (χ3n) is 2.32. The van der Waals surface area contributed by atoms with E-state index in [9.17, 15) is 44.3 Å². The highest BCUT2D eigenvalue weighted by Gasteiger charge is 2.75. The summed E-state index contributed by atoms with van der Waals surface area (Å²) in [4.78, 5) is 21.8. The smallest absolute Gasteiger partial charge is 0.438 e. The summed E-state index contributed by atoms with van der Waals surface area (Å²) >= 11 is 0. The minimum atomic E-state index is -6.42. The summed E-state index contributed by atoms with van der Waals surface area (Å²) in [5.41, 5.74) is -5.49. The number of ether oxygens (including phenoxy) is 2. The second kappa shape index (κ2) is 7.86. The minimum absolute atomic E-state index is 0.0482. The lowest BCUT2D eigenvalue weighted by Gasteiger charge is -2.35. The summed E-state index contributed by atoms with van der Waals surface area (Å²) in [6.45, 7) is 2.27. The zero-order chi connectivity index (χ0) is 20.1. The van der Waals surface area contributed by atoms with Gasteiger partial charge in [0.15, 0.2) is 0 Å². The van der Waals surface area contributed by atoms with Gasteiger partial charge >= 0.3 is 29.9 Å². The third-order valence-corrected chi connectivity index (χ3v) is 3.09. The van der Waals surface area contributed by atoms with Crippen LogP contribution in [0.4, 0.5) is 26.3 Å². The van der Waals surface area contributed by atoms with Gasteiger partial charge in [-0.3, -0.25) is 4.55 Å². The largest absolute Gasteiger partial charge is 0.458 e. The highest BCUT2D eigenvalue weighted by Crippen LogP contribution is 2.46. The molecule has 0 aliphatic rings. The Morgan fingerprint density at radius 2 is 1.52 bits per heavy atom. The molecule has 25 heavy (non-hydrogen) atoms. The summed E-state index contributed by atoms with van der Waals surface area (Å²) in [6.07, 6.45) is -11.6. The zero-order valence-corrected chi connectivity index (χ0v) is 12.7. The Bertz CT molecular complexity index is 633. The number of carbonyl (C=O) groups excluding carboxylic acids is 2. The van der Waals surface area contributed by atoms with E-state index >= 15 is 0 Å². The topological polar surface area (TPSA) is 107 Å². The van der Waals surface area contributed by atoms with Gasteiger partial charge in [-0.15, -0.1) is 0 Å². The number of hydrogen-bond donors (Lipinski definition) is 1. The SMILES string of the molecule is C=CC(=O)OC/C=C/C(=O)OC(CS(=O)(=O)O)(C(F)(F)F)C(F)(F)F. The Morgan fingerprint density at radius 1 is 1.04 bits per heavy atom. The molecule has 0 unspecified atom stereocenters. The van der Waals surface area contributed by atoms with Crippen LogP contribution in [0.2, 0.25) is 0 Å². The molecule has 0 bridgehead atoms. The van der Waals surface area contributed by atoms with Crippen molar-refractivity contribution in [1.29, 1.82) is 0 Å². The van der Waals surface area contributed by atoms with Crippen LogP contribution < -0.4 is 0 Å². The van der Waals surface area contributed by atoms with Crippen molar-refractivity contribution in [2.24, 2.45) is 0 Å². The van der Waals surface area contributed by atoms with Gasteiger partial charge in [0.05, 0.1) is 0 Å². The van der Waals surface area contributed by atoms with Gasteiger partial charge in [-0.2, -0.15) is 34.8 Å². The Kier molecular flexibility index (Phi) is 7.20. The van der Waals surface area contributed by atoms with Gasteiger partial charge in [-0.1, -0.05) is 6.58 Å². The molecule has 0 saturated heterocycles. The van der Waals surface area contributed by atoms with Crippen molar-refractivity contribution in [3.63, 3.8) is 0 Å². The van der Waals surface area contributed by atoms with Gasteiger partial charge in [-0.25, -0.2) is 9.59 Å². The van der Waals surface area contributed by atoms with Gasteiger partial charge in [0.1, 0.15) is 12.4 Å². The summed E-state index contributed by atoms with van der Waals surface area (Å²) in [7, 11) is -5.86. The molecule has 0 spiro atoms. The first-order chi connectivity index (χ1) is 11.1. The summed E-state index contributed by atoms with van der Waals surface area (Å²) < 4.78 is 114. The zero-order valence-electron chi connectivity index (χ0n) is 11.9. The van der Waals surface area contributed by atoms with Crippen molar-refractivity contribution in [2.45, 2.75) is 18.0 Å². The van der Waals surface area contributed by atoms with E-state index in [1.54, 1.807) is 0 Å². The molecule has 0 heterocycles. The number of halogens is 6. The number of hydrogen-bond acceptors (Lipinski definition) is 6. The van der Waals surface area contributed by atoms with Crippen molar-refractivity contribution in [3.05, 3.63) is 24.8 Å². The maximum atomic E-state index is 12.8. The van der Waals surface area contributed by atoms with Crippen molar-refractivity contribution < 1.29 is 58.4 Å². The van der Waals surface area contributed by atoms with Crippen LogP contribution >= 0.6 is 0 Å². The molecule has 1 N–H and O–H groups in total. The van der Waals surface area contributed by atoms with E-state index in [0.29, 0.717) is 12.2 Å². The molecule has 14 heteroatoms. The van der Waals surface area contributed by atoms with Gasteiger partial charge in [0.25, 0.3) is 10.1 Å². The standard InChI is InChI=1S/C11H10F6O7S/c1-2-7(18)23-5-3-4-8(19)24-9(10(12,13)14,11(15,16)17)6-25(20,21)22/h2-4H,1,5-6H2,(H,20,21,22)/b4-3+. The second-order valence-corrected chi connectivity index (χ2v) is 5.66. The van der Waals surface area contributed by atoms with Crippen molar-refractivity contribution in [2.75, 3.05) is 12.4 Å². The number of esters is 2. The fourth-order valence-corrected chi connectivity index (χ4v) is 2.17. The first-order valence-electron chi connectivity index (χ1n) is 5.83. The van der Waals surface area contributed by atoms with Crippen molar-refractivity contribution in [1.82, 2.24) is 0 Å². The summed E-state index contributed by atoms with van der Waals surface area (Å²) in [5, 5.41) is 0. The molecule has 0 aliphatic carbocycles. The van der Waals surface area contributed by atoms with Crippen LogP contribution in [0.25, 0.3) is 0 Å². The molecule has 0 radical (unpaired) electrons. The molecule has 0 aromatic carbocycles. The molecule has 7 nitrogen and oxygen atoms in total. The number of carbonyl (C=O) groups is 2. The summed E-state index contributed by atoms with van der Waals surface area (Å²) in [6, 6.07) is 0. The molecule has 0 saturated carbocycles. The quantitative estimate of drug-likeness (QED) is 0.299. The minimum Gasteiger partial charge on any atom is -0.458 e. The van der Waals surface area contributed by atoms with E-state index in [-0.39, 0.29) is 6.08 Å². The molecular weight excluding hydrogens is 390 g/mol. The van der Waals surface area contributed by atoms with E-state index in [2.05, 4.69) is 16.1 Å². The van der Waals surface area contributed by atoms with Crippen LogP contribution in [0.1, 0.15) is 0 Å². The van der Waals surface area contributed by atoms with Gasteiger partial charge < -0.3 is 9.47 Å². The van der Waals surface area contributed by atoms with E-state index < -0.39 is 52.4 Å². The van der Waals surface area contributed by atoms with Crippen LogP contribution in [0.15, 0.2) is 24.8 Å². The van der Waals surface area contributed by atoms with Gasteiger partial charge in [0, 0.05) is 12.2 Å². The van der Waals surface area contributed by atoms with Crippen LogP contribution in [-0.4, -0.2) is 55.2 Å². The van der Waals surface area contributed by atoms with E-state index in [4.69, 9.17) is 4.55 Å². The lowest BCUT2D eigenvalue weighted by molar-refractivity contribution is -0.360. The molecule has 0 rings (SSSR count). The Hall–Kier alpha value is -2.09. The average molecular weight is 400 g/mol. The van der Waals surface area contributed by atoms with Crippen molar-refractivity contribution >= 4 is 22.1 Å². The molecule has 0 aliphatic heterocycles. The summed E-state index contributed by atoms with van der Waals surface area (Å²) in [5.74, 6) is -6.23. The number of alkyl halides is 6. The monoisotopic (exact) mass is 400 g/mol. The van der Waals surface area contributed by atoms with E-state index in [0.717, 1.165) is 0 Å². The highest BCUT2D eigenvalue weighted by atomic mass is 32.2.